The minimum absolute atomic E-state index is 0.0270. The van der Waals surface area contributed by atoms with E-state index in [1.165, 1.54) is 167 Å². The zero-order valence-electron chi connectivity index (χ0n) is 43.3. The van der Waals surface area contributed by atoms with Gasteiger partial charge in [0.2, 0.25) is 0 Å². The molecule has 0 saturated carbocycles. The van der Waals surface area contributed by atoms with Crippen LogP contribution >= 0.6 is 0 Å². The summed E-state index contributed by atoms with van der Waals surface area (Å²) >= 11 is 0. The van der Waals surface area contributed by atoms with Crippen molar-refractivity contribution < 1.29 is 61.9 Å². The summed E-state index contributed by atoms with van der Waals surface area (Å²) in [6, 6.07) is 0. The molecule has 0 aromatic rings. The van der Waals surface area contributed by atoms with Gasteiger partial charge in [-0.1, -0.05) is 168 Å². The second kappa shape index (κ2) is 62.5. The van der Waals surface area contributed by atoms with E-state index in [-0.39, 0.29) is 6.61 Å². The number of ether oxygens (including phenoxy) is 12. The van der Waals surface area contributed by atoms with Crippen LogP contribution in [0.25, 0.3) is 0 Å². The van der Waals surface area contributed by atoms with Crippen LogP contribution in [0.1, 0.15) is 181 Å². The lowest BCUT2D eigenvalue weighted by Gasteiger charge is -2.18. The Morgan fingerprint density at radius 1 is 0.227 bits per heavy atom. The van der Waals surface area contributed by atoms with Crippen LogP contribution < -0.4 is 0 Å². The molecule has 1 unspecified atom stereocenters. The minimum Gasteiger partial charge on any atom is -0.394 e. The van der Waals surface area contributed by atoms with Crippen LogP contribution in [0.2, 0.25) is 0 Å². The van der Waals surface area contributed by atoms with Crippen LogP contribution in [-0.2, 0) is 56.8 Å². The molecule has 398 valence electrons. The normalized spacial score (nSPS) is 12.2. The van der Waals surface area contributed by atoms with Crippen LogP contribution in [-0.4, -0.2) is 170 Å². The van der Waals surface area contributed by atoms with Gasteiger partial charge in [-0.15, -0.1) is 0 Å². The van der Waals surface area contributed by atoms with Crippen molar-refractivity contribution in [2.24, 2.45) is 0 Å². The van der Waals surface area contributed by atoms with Crippen LogP contribution in [0.3, 0.4) is 0 Å². The Morgan fingerprint density at radius 3 is 0.621 bits per heavy atom. The standard InChI is InChI=1S/C53H108O13/c1-3-5-7-9-11-13-15-16-17-18-20-22-24-26-28-53(27-25-23-21-19-14-12-10-8-6-4-2)66-52-51-65-50-49-64-48-47-63-46-45-62-44-43-61-42-41-60-40-39-59-38-37-58-36-35-57-34-33-56-32-31-55-30-29-54/h53-54H,3-52H2,1-2H3. The number of hydrogen-bond donors (Lipinski definition) is 1. The van der Waals surface area contributed by atoms with Gasteiger partial charge in [0.1, 0.15) is 0 Å². The van der Waals surface area contributed by atoms with Crippen molar-refractivity contribution >= 4 is 0 Å². The summed E-state index contributed by atoms with van der Waals surface area (Å²) in [6.45, 7) is 16.6. The minimum atomic E-state index is 0.0270. The van der Waals surface area contributed by atoms with E-state index in [2.05, 4.69) is 13.8 Å². The highest BCUT2D eigenvalue weighted by Gasteiger charge is 2.09. The fraction of sp³-hybridized carbons (Fsp3) is 1.00. The molecule has 0 radical (unpaired) electrons. The molecular formula is C53H108O13. The Hall–Kier alpha value is -0.520. The molecule has 0 aromatic heterocycles. The second-order valence-corrected chi connectivity index (χ2v) is 17.3. The Morgan fingerprint density at radius 2 is 0.409 bits per heavy atom. The molecule has 0 aromatic carbocycles. The second-order valence-electron chi connectivity index (χ2n) is 17.3. The molecule has 0 rings (SSSR count). The average Bonchev–Trinajstić information content (AvgIpc) is 3.33. The van der Waals surface area contributed by atoms with Crippen molar-refractivity contribution in [1.82, 2.24) is 0 Å². The Bertz CT molecular complexity index is 830. The van der Waals surface area contributed by atoms with Crippen molar-refractivity contribution in [3.05, 3.63) is 0 Å². The van der Waals surface area contributed by atoms with Gasteiger partial charge in [0.05, 0.1) is 165 Å². The average molecular weight is 953 g/mol. The highest BCUT2D eigenvalue weighted by atomic mass is 16.6. The van der Waals surface area contributed by atoms with E-state index in [0.29, 0.717) is 158 Å². The van der Waals surface area contributed by atoms with Gasteiger partial charge in [-0.2, -0.15) is 0 Å². The maximum atomic E-state index is 8.62. The van der Waals surface area contributed by atoms with E-state index in [9.17, 15) is 0 Å². The Labute approximate surface area is 406 Å². The zero-order valence-corrected chi connectivity index (χ0v) is 43.3. The monoisotopic (exact) mass is 953 g/mol. The van der Waals surface area contributed by atoms with E-state index >= 15 is 0 Å². The maximum Gasteiger partial charge on any atom is 0.0704 e. The summed E-state index contributed by atoms with van der Waals surface area (Å²) in [5.74, 6) is 0. The van der Waals surface area contributed by atoms with Crippen LogP contribution in [0, 0.1) is 0 Å². The molecule has 13 nitrogen and oxygen atoms in total. The van der Waals surface area contributed by atoms with E-state index < -0.39 is 0 Å². The van der Waals surface area contributed by atoms with E-state index in [1.807, 2.05) is 0 Å². The first-order chi connectivity index (χ1) is 32.8. The number of hydrogen-bond acceptors (Lipinski definition) is 13. The number of unbranched alkanes of at least 4 members (excludes halogenated alkanes) is 22. The van der Waals surface area contributed by atoms with Gasteiger partial charge in [0, 0.05) is 0 Å². The smallest absolute Gasteiger partial charge is 0.0704 e. The Balaban J connectivity index is 3.62. The summed E-state index contributed by atoms with van der Waals surface area (Å²) in [7, 11) is 0. The number of rotatable bonds is 62. The first kappa shape index (κ1) is 65.5. The first-order valence-electron chi connectivity index (χ1n) is 27.4. The topological polar surface area (TPSA) is 131 Å². The lowest BCUT2D eigenvalue weighted by Crippen LogP contribution is -2.18. The van der Waals surface area contributed by atoms with Gasteiger partial charge in [-0.25, -0.2) is 0 Å². The zero-order chi connectivity index (χ0) is 47.4. The molecule has 1 atom stereocenters. The van der Waals surface area contributed by atoms with E-state index in [0.717, 1.165) is 0 Å². The molecule has 0 amide bonds. The molecule has 1 N–H and O–H groups in total. The lowest BCUT2D eigenvalue weighted by atomic mass is 10.0. The molecule has 0 aliphatic rings. The van der Waals surface area contributed by atoms with Crippen molar-refractivity contribution in [1.29, 1.82) is 0 Å². The van der Waals surface area contributed by atoms with Gasteiger partial charge in [0.25, 0.3) is 0 Å². The summed E-state index contributed by atoms with van der Waals surface area (Å²) in [5.41, 5.74) is 0. The summed E-state index contributed by atoms with van der Waals surface area (Å²) in [5, 5.41) is 8.62. The van der Waals surface area contributed by atoms with Crippen LogP contribution in [0.4, 0.5) is 0 Å². The highest BCUT2D eigenvalue weighted by molar-refractivity contribution is 4.61. The molecule has 0 saturated heterocycles. The van der Waals surface area contributed by atoms with Crippen LogP contribution in [0.5, 0.6) is 0 Å². The van der Waals surface area contributed by atoms with E-state index in [4.69, 9.17) is 61.9 Å². The van der Waals surface area contributed by atoms with Gasteiger partial charge in [-0.05, 0) is 12.8 Å². The molecule has 0 bridgehead atoms. The summed E-state index contributed by atoms with van der Waals surface area (Å²) in [4.78, 5) is 0. The summed E-state index contributed by atoms with van der Waals surface area (Å²) < 4.78 is 67.0. The third-order valence-corrected chi connectivity index (χ3v) is 11.3. The van der Waals surface area contributed by atoms with Crippen LogP contribution in [0.15, 0.2) is 0 Å². The number of aliphatic hydroxyl groups is 1. The SMILES string of the molecule is CCCCCCCCCCCCCCCCC(CCCCCCCCCCCC)OCCOCCOCCOCCOCCOCCOCCOCCOCCOCCOCCOCCO. The molecular weight excluding hydrogens is 845 g/mol. The quantitative estimate of drug-likeness (QED) is 0.0581. The van der Waals surface area contributed by atoms with Crippen molar-refractivity contribution in [2.45, 2.75) is 187 Å². The fourth-order valence-electron chi connectivity index (χ4n) is 7.38. The molecule has 0 heterocycles. The third-order valence-electron chi connectivity index (χ3n) is 11.3. The van der Waals surface area contributed by atoms with Crippen molar-refractivity contribution in [2.75, 3.05) is 159 Å². The predicted octanol–water partition coefficient (Wildman–Crippen LogP) is 10.7. The molecule has 0 aliphatic carbocycles. The maximum absolute atomic E-state index is 8.62. The molecule has 0 fully saturated rings. The Kier molecular flexibility index (Phi) is 62.0. The molecule has 13 heteroatoms. The van der Waals surface area contributed by atoms with Gasteiger partial charge in [0.15, 0.2) is 0 Å². The van der Waals surface area contributed by atoms with Gasteiger partial charge in [-0.3, -0.25) is 0 Å². The summed E-state index contributed by atoms with van der Waals surface area (Å²) in [6.07, 6.45) is 36.1. The fourth-order valence-corrected chi connectivity index (χ4v) is 7.38. The van der Waals surface area contributed by atoms with E-state index in [1.54, 1.807) is 0 Å². The molecule has 0 spiro atoms. The highest BCUT2D eigenvalue weighted by Crippen LogP contribution is 2.18. The van der Waals surface area contributed by atoms with Gasteiger partial charge < -0.3 is 61.9 Å². The van der Waals surface area contributed by atoms with Crippen molar-refractivity contribution in [3.63, 3.8) is 0 Å². The predicted molar refractivity (Wildman–Crippen MR) is 267 cm³/mol. The lowest BCUT2D eigenvalue weighted by molar-refractivity contribution is -0.0320. The van der Waals surface area contributed by atoms with Crippen molar-refractivity contribution in [3.8, 4) is 0 Å². The largest absolute Gasteiger partial charge is 0.394 e. The molecule has 0 aliphatic heterocycles. The van der Waals surface area contributed by atoms with Gasteiger partial charge >= 0.3 is 0 Å². The number of aliphatic hydroxyl groups excluding tert-OH is 1. The third kappa shape index (κ3) is 59.6. The first-order valence-corrected chi connectivity index (χ1v) is 27.4. The molecule has 66 heavy (non-hydrogen) atoms.